The molecule has 0 unspecified atom stereocenters. The van der Waals surface area contributed by atoms with E-state index in [1.54, 1.807) is 17.0 Å². The second kappa shape index (κ2) is 9.01. The van der Waals surface area contributed by atoms with Crippen LogP contribution in [0.25, 0.3) is 0 Å². The number of benzene rings is 1. The second-order valence-electron chi connectivity index (χ2n) is 6.84. The van der Waals surface area contributed by atoms with E-state index in [1.807, 2.05) is 0 Å². The van der Waals surface area contributed by atoms with Crippen molar-refractivity contribution >= 4 is 21.7 Å². The molecule has 2 aliphatic rings. The smallest absolute Gasteiger partial charge is 0.322 e. The van der Waals surface area contributed by atoms with Crippen molar-refractivity contribution in [3.05, 3.63) is 24.3 Å². The minimum atomic E-state index is -3.57. The molecule has 0 bridgehead atoms. The summed E-state index contributed by atoms with van der Waals surface area (Å²) in [6, 6.07) is 5.92. The topological polar surface area (TPSA) is 97.0 Å². The van der Waals surface area contributed by atoms with Gasteiger partial charge in [0, 0.05) is 32.0 Å². The first-order chi connectivity index (χ1) is 13.0. The molecule has 0 saturated carbocycles. The predicted octanol–water partition coefficient (Wildman–Crippen LogP) is 1.79. The molecule has 9 heteroatoms. The van der Waals surface area contributed by atoms with Gasteiger partial charge in [-0.25, -0.2) is 17.9 Å². The van der Waals surface area contributed by atoms with Gasteiger partial charge >= 0.3 is 6.03 Å². The van der Waals surface area contributed by atoms with Gasteiger partial charge in [-0.05, 0) is 50.9 Å². The van der Waals surface area contributed by atoms with E-state index in [9.17, 15) is 13.2 Å². The first-order valence-corrected chi connectivity index (χ1v) is 10.8. The summed E-state index contributed by atoms with van der Waals surface area (Å²) in [6.07, 6.45) is 3.95. The largest absolute Gasteiger partial charge is 0.376 e. The summed E-state index contributed by atoms with van der Waals surface area (Å²) < 4.78 is 37.6. The molecule has 2 amide bonds. The Morgan fingerprint density at radius 2 is 1.78 bits per heavy atom. The highest BCUT2D eigenvalue weighted by Crippen LogP contribution is 2.19. The van der Waals surface area contributed by atoms with Gasteiger partial charge in [-0.1, -0.05) is 6.07 Å². The van der Waals surface area contributed by atoms with Gasteiger partial charge in [0.05, 0.1) is 17.1 Å². The van der Waals surface area contributed by atoms with Gasteiger partial charge in [-0.3, -0.25) is 0 Å². The van der Waals surface area contributed by atoms with Crippen LogP contribution in [0.1, 0.15) is 25.7 Å². The van der Waals surface area contributed by atoms with E-state index in [0.29, 0.717) is 18.8 Å². The quantitative estimate of drug-likeness (QED) is 0.731. The molecule has 2 N–H and O–H groups in total. The molecule has 27 heavy (non-hydrogen) atoms. The zero-order chi connectivity index (χ0) is 19.3. The number of amides is 2. The molecule has 0 aromatic heterocycles. The number of ether oxygens (including phenoxy) is 2. The molecule has 0 spiro atoms. The lowest BCUT2D eigenvalue weighted by Crippen LogP contribution is -2.44. The van der Waals surface area contributed by atoms with Gasteiger partial charge in [0.1, 0.15) is 0 Å². The number of nitrogens with zero attached hydrogens (tertiary/aromatic N) is 1. The van der Waals surface area contributed by atoms with Crippen molar-refractivity contribution in [2.45, 2.75) is 42.8 Å². The Bertz CT molecular complexity index is 725. The average Bonchev–Trinajstić information content (AvgIpc) is 3.35. The summed E-state index contributed by atoms with van der Waals surface area (Å²) in [5, 5.41) is 2.81. The van der Waals surface area contributed by atoms with Crippen molar-refractivity contribution in [2.24, 2.45) is 0 Å². The number of carbonyl (C=O) groups excluding carboxylic acids is 1. The van der Waals surface area contributed by atoms with Crippen LogP contribution in [0, 0.1) is 0 Å². The highest BCUT2D eigenvalue weighted by molar-refractivity contribution is 7.89. The van der Waals surface area contributed by atoms with Crippen molar-refractivity contribution in [3.8, 4) is 0 Å². The lowest BCUT2D eigenvalue weighted by Gasteiger charge is -2.28. The van der Waals surface area contributed by atoms with Gasteiger partial charge in [0.25, 0.3) is 0 Å². The summed E-state index contributed by atoms with van der Waals surface area (Å²) >= 11 is 0. The minimum absolute atomic E-state index is 0.0353. The lowest BCUT2D eigenvalue weighted by molar-refractivity contribution is 0.0524. The Labute approximate surface area is 160 Å². The Morgan fingerprint density at radius 1 is 1.15 bits per heavy atom. The predicted molar refractivity (Wildman–Crippen MR) is 101 cm³/mol. The number of sulfonamides is 1. The fourth-order valence-electron chi connectivity index (χ4n) is 3.37. The minimum Gasteiger partial charge on any atom is -0.376 e. The van der Waals surface area contributed by atoms with Crippen LogP contribution in [0.3, 0.4) is 0 Å². The summed E-state index contributed by atoms with van der Waals surface area (Å²) in [6.45, 7) is 2.45. The lowest BCUT2D eigenvalue weighted by atomic mass is 10.2. The fourth-order valence-corrected chi connectivity index (χ4v) is 4.15. The van der Waals surface area contributed by atoms with E-state index in [2.05, 4.69) is 10.0 Å². The normalized spacial score (nSPS) is 22.7. The SMILES string of the molecule is CNS(=O)(=O)c1cccc(NC(=O)N(C[C@H]2CCCO2)C[C@H]2CCCO2)c1. The summed E-state index contributed by atoms with van der Waals surface area (Å²) in [5.74, 6) is 0. The third kappa shape index (κ3) is 5.41. The number of rotatable bonds is 7. The Kier molecular flexibility index (Phi) is 6.69. The van der Waals surface area contributed by atoms with Crippen LogP contribution in [0.2, 0.25) is 0 Å². The molecular weight excluding hydrogens is 370 g/mol. The van der Waals surface area contributed by atoms with Gasteiger partial charge in [-0.15, -0.1) is 0 Å². The van der Waals surface area contributed by atoms with E-state index in [1.165, 1.54) is 19.2 Å². The van der Waals surface area contributed by atoms with E-state index >= 15 is 0 Å². The summed E-state index contributed by atoms with van der Waals surface area (Å²) in [4.78, 5) is 14.7. The van der Waals surface area contributed by atoms with Gasteiger partial charge in [0.15, 0.2) is 0 Å². The van der Waals surface area contributed by atoms with Crippen molar-refractivity contribution < 1.29 is 22.7 Å². The molecule has 1 aromatic carbocycles. The fraction of sp³-hybridized carbons (Fsp3) is 0.611. The maximum Gasteiger partial charge on any atom is 0.322 e. The molecule has 0 radical (unpaired) electrons. The Balaban J connectivity index is 1.70. The molecular formula is C18H27N3O5S. The Hall–Kier alpha value is -1.68. The third-order valence-corrected chi connectivity index (χ3v) is 6.26. The van der Waals surface area contributed by atoms with Crippen molar-refractivity contribution in [3.63, 3.8) is 0 Å². The molecule has 0 aliphatic carbocycles. The highest BCUT2D eigenvalue weighted by Gasteiger charge is 2.27. The molecule has 8 nitrogen and oxygen atoms in total. The number of urea groups is 1. The molecule has 3 rings (SSSR count). The van der Waals surface area contributed by atoms with Crippen LogP contribution in [-0.4, -0.2) is 64.9 Å². The maximum absolute atomic E-state index is 12.9. The molecule has 2 saturated heterocycles. The number of hydrogen-bond donors (Lipinski definition) is 2. The molecule has 2 atom stereocenters. The van der Waals surface area contributed by atoms with Crippen molar-refractivity contribution in [1.82, 2.24) is 9.62 Å². The van der Waals surface area contributed by atoms with Gasteiger partial charge in [0.2, 0.25) is 10.0 Å². The zero-order valence-corrected chi connectivity index (χ0v) is 16.3. The van der Waals surface area contributed by atoms with Crippen LogP contribution >= 0.6 is 0 Å². The number of hydrogen-bond acceptors (Lipinski definition) is 5. The first-order valence-electron chi connectivity index (χ1n) is 9.30. The number of anilines is 1. The Morgan fingerprint density at radius 3 is 2.30 bits per heavy atom. The van der Waals surface area contributed by atoms with Gasteiger partial charge < -0.3 is 19.7 Å². The highest BCUT2D eigenvalue weighted by atomic mass is 32.2. The number of carbonyl (C=O) groups is 1. The standard InChI is InChI=1S/C18H27N3O5S/c1-19-27(23,24)17-8-2-5-14(11-17)20-18(22)21(12-15-6-3-9-25-15)13-16-7-4-10-26-16/h2,5,8,11,15-16,19H,3-4,6-7,9-10,12-13H2,1H3,(H,20,22)/t15-,16-/m1/s1. The zero-order valence-electron chi connectivity index (χ0n) is 15.5. The average molecular weight is 397 g/mol. The summed E-state index contributed by atoms with van der Waals surface area (Å²) in [5.41, 5.74) is 0.431. The molecule has 1 aromatic rings. The summed E-state index contributed by atoms with van der Waals surface area (Å²) in [7, 11) is -2.22. The first kappa shape index (κ1) is 20.1. The van der Waals surface area contributed by atoms with E-state index in [4.69, 9.17) is 9.47 Å². The number of nitrogens with one attached hydrogen (secondary N) is 2. The van der Waals surface area contributed by atoms with Crippen LogP contribution in [0.5, 0.6) is 0 Å². The van der Waals surface area contributed by atoms with E-state index < -0.39 is 10.0 Å². The van der Waals surface area contributed by atoms with Crippen molar-refractivity contribution in [2.75, 3.05) is 38.7 Å². The van der Waals surface area contributed by atoms with E-state index in [0.717, 1.165) is 38.9 Å². The van der Waals surface area contributed by atoms with Gasteiger partial charge in [-0.2, -0.15) is 0 Å². The second-order valence-corrected chi connectivity index (χ2v) is 8.73. The molecule has 2 heterocycles. The van der Waals surface area contributed by atoms with Crippen LogP contribution < -0.4 is 10.0 Å². The maximum atomic E-state index is 12.9. The van der Waals surface area contributed by atoms with Crippen LogP contribution in [-0.2, 0) is 19.5 Å². The van der Waals surface area contributed by atoms with E-state index in [-0.39, 0.29) is 23.1 Å². The monoisotopic (exact) mass is 397 g/mol. The third-order valence-electron chi connectivity index (χ3n) is 4.85. The molecule has 2 fully saturated rings. The molecule has 150 valence electrons. The van der Waals surface area contributed by atoms with Crippen molar-refractivity contribution in [1.29, 1.82) is 0 Å². The van der Waals surface area contributed by atoms with Crippen LogP contribution in [0.4, 0.5) is 10.5 Å². The van der Waals surface area contributed by atoms with Crippen LogP contribution in [0.15, 0.2) is 29.2 Å². The molecule has 2 aliphatic heterocycles.